The van der Waals surface area contributed by atoms with Crippen LogP contribution in [0.15, 0.2) is 42.1 Å². The summed E-state index contributed by atoms with van der Waals surface area (Å²) in [5.74, 6) is -1.68. The zero-order valence-corrected chi connectivity index (χ0v) is 8.72. The summed E-state index contributed by atoms with van der Waals surface area (Å²) in [5.41, 5.74) is 5.35. The van der Waals surface area contributed by atoms with Gasteiger partial charge in [0.05, 0.1) is 11.1 Å². The van der Waals surface area contributed by atoms with Crippen LogP contribution in [0.5, 0.6) is 0 Å². The van der Waals surface area contributed by atoms with Crippen LogP contribution >= 0.6 is 0 Å². The molecule has 86 valence electrons. The number of benzene rings is 1. The highest BCUT2D eigenvalue weighted by molar-refractivity contribution is 6.16. The van der Waals surface area contributed by atoms with E-state index in [9.17, 15) is 9.18 Å². The van der Waals surface area contributed by atoms with Crippen LogP contribution in [0.1, 0.15) is 5.56 Å². The number of nitrogens with two attached hydrogens (primary N) is 1. The molecular weight excluding hydrogens is 223 g/mol. The van der Waals surface area contributed by atoms with E-state index < -0.39 is 11.8 Å². The van der Waals surface area contributed by atoms with Crippen molar-refractivity contribution in [2.45, 2.75) is 0 Å². The van der Waals surface area contributed by atoms with E-state index in [1.165, 1.54) is 12.1 Å². The summed E-state index contributed by atoms with van der Waals surface area (Å²) in [7, 11) is 0. The van der Waals surface area contributed by atoms with E-state index in [2.05, 4.69) is 0 Å². The first-order chi connectivity index (χ1) is 8.08. The van der Waals surface area contributed by atoms with Gasteiger partial charge in [-0.2, -0.15) is 5.26 Å². The Kier molecular flexibility index (Phi) is 4.01. The maximum absolute atomic E-state index is 12.7. The maximum atomic E-state index is 12.7. The predicted octanol–water partition coefficient (Wildman–Crippen LogP) is 1.66. The quantitative estimate of drug-likeness (QED) is 0.471. The Balaban J connectivity index is 3.24. The second-order valence-corrected chi connectivity index (χ2v) is 3.10. The molecule has 0 heterocycles. The number of carboxylic acids is 1. The van der Waals surface area contributed by atoms with Crippen LogP contribution < -0.4 is 5.73 Å². The van der Waals surface area contributed by atoms with Gasteiger partial charge < -0.3 is 10.8 Å². The smallest absolute Gasteiger partial charge is 0.336 e. The third kappa shape index (κ3) is 3.18. The normalized spacial score (nSPS) is 12.0. The number of carbonyl (C=O) groups is 1. The molecule has 1 aromatic rings. The average molecular weight is 232 g/mol. The number of nitrogens with zero attached hydrogens (tertiary/aromatic N) is 1. The maximum Gasteiger partial charge on any atom is 0.336 e. The molecule has 1 rings (SSSR count). The van der Waals surface area contributed by atoms with Crippen LogP contribution in [-0.2, 0) is 4.79 Å². The number of carboxylic acid groups (broad SMARTS) is 1. The van der Waals surface area contributed by atoms with Gasteiger partial charge in [0, 0.05) is 6.20 Å². The molecule has 4 nitrogen and oxygen atoms in total. The van der Waals surface area contributed by atoms with Crippen LogP contribution in [0.4, 0.5) is 4.39 Å². The van der Waals surface area contributed by atoms with Gasteiger partial charge in [-0.1, -0.05) is 12.1 Å². The summed E-state index contributed by atoms with van der Waals surface area (Å²) in [6.45, 7) is 0. The fourth-order valence-electron chi connectivity index (χ4n) is 1.17. The van der Waals surface area contributed by atoms with Gasteiger partial charge in [0.1, 0.15) is 11.9 Å². The van der Waals surface area contributed by atoms with Crippen molar-refractivity contribution in [2.24, 2.45) is 5.73 Å². The number of aliphatic carboxylic acids is 1. The van der Waals surface area contributed by atoms with Gasteiger partial charge in [-0.15, -0.1) is 0 Å². The van der Waals surface area contributed by atoms with E-state index in [0.29, 0.717) is 5.56 Å². The molecule has 0 fully saturated rings. The molecule has 0 radical (unpaired) electrons. The van der Waals surface area contributed by atoms with Crippen LogP contribution in [0.25, 0.3) is 5.57 Å². The highest BCUT2D eigenvalue weighted by atomic mass is 19.1. The molecule has 0 bridgehead atoms. The molecule has 17 heavy (non-hydrogen) atoms. The molecule has 0 amide bonds. The highest BCUT2D eigenvalue weighted by Gasteiger charge is 2.11. The molecule has 3 N–H and O–H groups in total. The van der Waals surface area contributed by atoms with E-state index in [1.54, 1.807) is 6.07 Å². The van der Waals surface area contributed by atoms with Crippen molar-refractivity contribution in [1.82, 2.24) is 0 Å². The lowest BCUT2D eigenvalue weighted by Crippen LogP contribution is -2.00. The predicted molar refractivity (Wildman–Crippen MR) is 59.9 cm³/mol. The third-order valence-electron chi connectivity index (χ3n) is 1.99. The Morgan fingerprint density at radius 2 is 2.00 bits per heavy atom. The largest absolute Gasteiger partial charge is 0.478 e. The molecular formula is C12H9FN2O2. The SMILES string of the molecule is N#CC(=C/N)/C=C(/C(=O)O)c1ccc(F)cc1. The number of hydrogen-bond acceptors (Lipinski definition) is 3. The van der Waals surface area contributed by atoms with Crippen molar-refractivity contribution in [3.05, 3.63) is 53.5 Å². The van der Waals surface area contributed by atoms with E-state index in [-0.39, 0.29) is 11.1 Å². The Morgan fingerprint density at radius 3 is 2.41 bits per heavy atom. The van der Waals surface area contributed by atoms with Crippen molar-refractivity contribution in [2.75, 3.05) is 0 Å². The minimum absolute atomic E-state index is 0.0201. The summed E-state index contributed by atoms with van der Waals surface area (Å²) in [6.07, 6.45) is 2.14. The first-order valence-corrected chi connectivity index (χ1v) is 4.61. The van der Waals surface area contributed by atoms with Crippen LogP contribution in [-0.4, -0.2) is 11.1 Å². The lowest BCUT2D eigenvalue weighted by Gasteiger charge is -2.02. The molecule has 1 aromatic carbocycles. The molecule has 0 saturated heterocycles. The zero-order valence-electron chi connectivity index (χ0n) is 8.72. The molecule has 5 heteroatoms. The summed E-state index contributed by atoms with van der Waals surface area (Å²) < 4.78 is 12.7. The van der Waals surface area contributed by atoms with Crippen LogP contribution in [0, 0.1) is 17.1 Å². The zero-order chi connectivity index (χ0) is 12.8. The van der Waals surface area contributed by atoms with E-state index in [4.69, 9.17) is 16.1 Å². The van der Waals surface area contributed by atoms with Gasteiger partial charge in [0.2, 0.25) is 0 Å². The Morgan fingerprint density at radius 1 is 1.41 bits per heavy atom. The fourth-order valence-corrected chi connectivity index (χ4v) is 1.17. The van der Waals surface area contributed by atoms with E-state index in [1.807, 2.05) is 0 Å². The Labute approximate surface area is 97.1 Å². The highest BCUT2D eigenvalue weighted by Crippen LogP contribution is 2.17. The first kappa shape index (κ1) is 12.5. The fraction of sp³-hybridized carbons (Fsp3) is 0. The van der Waals surface area contributed by atoms with Crippen LogP contribution in [0.3, 0.4) is 0 Å². The van der Waals surface area contributed by atoms with Crippen molar-refractivity contribution < 1.29 is 14.3 Å². The topological polar surface area (TPSA) is 87.1 Å². The molecule has 0 aliphatic rings. The number of hydrogen-bond donors (Lipinski definition) is 2. The van der Waals surface area contributed by atoms with Gasteiger partial charge in [-0.25, -0.2) is 9.18 Å². The molecule has 0 aliphatic heterocycles. The Bertz CT molecular complexity index is 524. The lowest BCUT2D eigenvalue weighted by molar-refractivity contribution is -0.130. The molecule has 0 unspecified atom stereocenters. The molecule has 0 saturated carbocycles. The monoisotopic (exact) mass is 232 g/mol. The summed E-state index contributed by atoms with van der Waals surface area (Å²) in [4.78, 5) is 11.0. The second kappa shape index (κ2) is 5.47. The van der Waals surface area contributed by atoms with E-state index >= 15 is 0 Å². The molecule has 0 aromatic heterocycles. The molecule has 0 spiro atoms. The first-order valence-electron chi connectivity index (χ1n) is 4.61. The number of halogens is 1. The van der Waals surface area contributed by atoms with E-state index in [0.717, 1.165) is 24.4 Å². The minimum atomic E-state index is -1.22. The molecule has 0 atom stereocenters. The third-order valence-corrected chi connectivity index (χ3v) is 1.99. The molecule has 0 aliphatic carbocycles. The average Bonchev–Trinajstić information content (AvgIpc) is 2.32. The summed E-state index contributed by atoms with van der Waals surface area (Å²) in [6, 6.07) is 6.67. The van der Waals surface area contributed by atoms with Gasteiger partial charge in [0.15, 0.2) is 0 Å². The van der Waals surface area contributed by atoms with Gasteiger partial charge in [-0.3, -0.25) is 0 Å². The number of allylic oxidation sites excluding steroid dienone is 2. The standard InChI is InChI=1S/C12H9FN2O2/c13-10-3-1-9(2-4-10)11(12(16)17)5-8(6-14)7-15/h1-6H,14H2,(H,16,17)/b8-6+,11-5+. The van der Waals surface area contributed by atoms with Crippen molar-refractivity contribution in [1.29, 1.82) is 5.26 Å². The number of nitriles is 1. The van der Waals surface area contributed by atoms with Crippen molar-refractivity contribution in [3.8, 4) is 6.07 Å². The lowest BCUT2D eigenvalue weighted by atomic mass is 10.0. The summed E-state index contributed by atoms with van der Waals surface area (Å²) >= 11 is 0. The minimum Gasteiger partial charge on any atom is -0.478 e. The van der Waals surface area contributed by atoms with Gasteiger partial charge in [0.25, 0.3) is 0 Å². The number of rotatable bonds is 3. The van der Waals surface area contributed by atoms with Gasteiger partial charge in [-0.05, 0) is 23.8 Å². The van der Waals surface area contributed by atoms with Gasteiger partial charge >= 0.3 is 5.97 Å². The van der Waals surface area contributed by atoms with Crippen molar-refractivity contribution in [3.63, 3.8) is 0 Å². The van der Waals surface area contributed by atoms with Crippen molar-refractivity contribution >= 4 is 11.5 Å². The van der Waals surface area contributed by atoms with Crippen LogP contribution in [0.2, 0.25) is 0 Å². The second-order valence-electron chi connectivity index (χ2n) is 3.10. The Hall–Kier alpha value is -2.61. The summed E-state index contributed by atoms with van der Waals surface area (Å²) in [5, 5.41) is 17.6.